The first-order chi connectivity index (χ1) is 22.0. The number of halogens is 1. The lowest BCUT2D eigenvalue weighted by Crippen LogP contribution is -2.06. The molecule has 224 valence electrons. The Morgan fingerprint density at radius 3 is 1.98 bits per heavy atom. The van der Waals surface area contributed by atoms with E-state index in [2.05, 4.69) is 80.0 Å². The van der Waals surface area contributed by atoms with E-state index in [1.165, 1.54) is 23.6 Å². The number of nitrogens with zero attached hydrogens (tertiary/aromatic N) is 4. The fourth-order valence-corrected chi connectivity index (χ4v) is 5.63. The Bertz CT molecular complexity index is 2070. The summed E-state index contributed by atoms with van der Waals surface area (Å²) in [5.74, 6) is -0.374. The predicted molar refractivity (Wildman–Crippen MR) is 181 cm³/mol. The van der Waals surface area contributed by atoms with Gasteiger partial charge in [0.25, 0.3) is 0 Å². The van der Waals surface area contributed by atoms with Crippen LogP contribution in [0.4, 0.5) is 5.69 Å². The number of anilines is 1. The lowest BCUT2D eigenvalue weighted by Gasteiger charge is -2.10. The topological polar surface area (TPSA) is 88.0 Å². The number of carbonyl (C=O) groups is 1. The second kappa shape index (κ2) is 13.5. The molecule has 7 nitrogen and oxygen atoms in total. The number of ether oxygens (including phenoxy) is 1. The number of methoxy groups -OCH3 is 1. The maximum absolute atomic E-state index is 12.1. The summed E-state index contributed by atoms with van der Waals surface area (Å²) >= 11 is 6.05. The van der Waals surface area contributed by atoms with Crippen LogP contribution < -0.4 is 5.73 Å². The molecule has 45 heavy (non-hydrogen) atoms. The number of carbonyl (C=O) groups excluding carboxylic acids is 1. The Morgan fingerprint density at radius 1 is 0.756 bits per heavy atom. The highest BCUT2D eigenvalue weighted by Crippen LogP contribution is 2.24. The van der Waals surface area contributed by atoms with E-state index in [0.29, 0.717) is 17.0 Å². The van der Waals surface area contributed by atoms with E-state index < -0.39 is 0 Å². The highest BCUT2D eigenvalue weighted by Gasteiger charge is 2.13. The van der Waals surface area contributed by atoms with Gasteiger partial charge in [-0.3, -0.25) is 9.97 Å². The van der Waals surface area contributed by atoms with Crippen molar-refractivity contribution in [1.29, 1.82) is 0 Å². The standard InChI is InChI=1S/C23H19ClN2O2.C14H13N3/c1-28-23(27)21-13-20(24)6-5-18(21)11-16-4-7-22-19(12-16)8-10-26(22)15-17-3-2-9-25-14-17;15-13-3-4-14-12(8-13)5-7-17(14)10-11-2-1-6-16-9-11/h2-10,12-14H,11,15H2,1H3;1-9H,10,15H2. The van der Waals surface area contributed by atoms with Gasteiger partial charge in [0.1, 0.15) is 0 Å². The van der Waals surface area contributed by atoms with E-state index in [0.717, 1.165) is 46.4 Å². The first kappa shape index (κ1) is 29.7. The van der Waals surface area contributed by atoms with Crippen molar-refractivity contribution in [3.05, 3.63) is 161 Å². The molecule has 4 heterocycles. The Kier molecular flexibility index (Phi) is 8.89. The molecule has 0 amide bonds. The van der Waals surface area contributed by atoms with Gasteiger partial charge in [-0.2, -0.15) is 0 Å². The number of nitrogen functional groups attached to an aromatic ring is 1. The number of rotatable bonds is 7. The summed E-state index contributed by atoms with van der Waals surface area (Å²) in [4.78, 5) is 20.4. The molecule has 0 saturated heterocycles. The molecule has 4 aromatic heterocycles. The van der Waals surface area contributed by atoms with Gasteiger partial charge in [-0.05, 0) is 101 Å². The van der Waals surface area contributed by atoms with Gasteiger partial charge in [-0.1, -0.05) is 35.9 Å². The molecule has 2 N–H and O–H groups in total. The fourth-order valence-electron chi connectivity index (χ4n) is 5.45. The molecule has 3 aromatic carbocycles. The lowest BCUT2D eigenvalue weighted by atomic mass is 9.99. The largest absolute Gasteiger partial charge is 0.465 e. The highest BCUT2D eigenvalue weighted by atomic mass is 35.5. The second-order valence-corrected chi connectivity index (χ2v) is 11.2. The summed E-state index contributed by atoms with van der Waals surface area (Å²) in [6.45, 7) is 1.61. The molecule has 0 aliphatic heterocycles. The molecular formula is C37H32ClN5O2. The van der Waals surface area contributed by atoms with Gasteiger partial charge >= 0.3 is 5.97 Å². The van der Waals surface area contributed by atoms with Crippen LogP contribution in [0.15, 0.2) is 128 Å². The van der Waals surface area contributed by atoms with Crippen LogP contribution in [0.1, 0.15) is 32.6 Å². The average Bonchev–Trinajstić information content (AvgIpc) is 3.65. The van der Waals surface area contributed by atoms with Crippen molar-refractivity contribution in [2.45, 2.75) is 19.5 Å². The lowest BCUT2D eigenvalue weighted by molar-refractivity contribution is 0.0599. The molecule has 0 radical (unpaired) electrons. The van der Waals surface area contributed by atoms with Crippen LogP contribution in [0, 0.1) is 0 Å². The number of hydrogen-bond acceptors (Lipinski definition) is 5. The van der Waals surface area contributed by atoms with Crippen LogP contribution >= 0.6 is 11.6 Å². The zero-order valence-corrected chi connectivity index (χ0v) is 25.6. The molecule has 0 bridgehead atoms. The molecule has 0 spiro atoms. The van der Waals surface area contributed by atoms with E-state index in [1.807, 2.05) is 42.7 Å². The molecule has 0 aliphatic carbocycles. The highest BCUT2D eigenvalue weighted by molar-refractivity contribution is 6.31. The fraction of sp³-hybridized carbons (Fsp3) is 0.108. The first-order valence-corrected chi connectivity index (χ1v) is 14.9. The monoisotopic (exact) mass is 613 g/mol. The van der Waals surface area contributed by atoms with Crippen LogP contribution in [-0.2, 0) is 24.2 Å². The molecular weight excluding hydrogens is 582 g/mol. The number of pyridine rings is 2. The summed E-state index contributed by atoms with van der Waals surface area (Å²) in [6, 6.07) is 29.9. The van der Waals surface area contributed by atoms with Crippen LogP contribution in [0.2, 0.25) is 5.02 Å². The molecule has 0 fully saturated rings. The van der Waals surface area contributed by atoms with Crippen LogP contribution in [0.5, 0.6) is 0 Å². The summed E-state index contributed by atoms with van der Waals surface area (Å²) < 4.78 is 9.30. The number of esters is 1. The minimum absolute atomic E-state index is 0.374. The van der Waals surface area contributed by atoms with Crippen LogP contribution in [0.25, 0.3) is 21.8 Å². The summed E-state index contributed by atoms with van der Waals surface area (Å²) in [5.41, 5.74) is 13.8. The van der Waals surface area contributed by atoms with Crippen molar-refractivity contribution < 1.29 is 9.53 Å². The third-order valence-corrected chi connectivity index (χ3v) is 7.89. The first-order valence-electron chi connectivity index (χ1n) is 14.5. The van der Waals surface area contributed by atoms with Crippen molar-refractivity contribution in [3.63, 3.8) is 0 Å². The van der Waals surface area contributed by atoms with Gasteiger partial charge in [0.05, 0.1) is 12.7 Å². The minimum Gasteiger partial charge on any atom is -0.465 e. The predicted octanol–water partition coefficient (Wildman–Crippen LogP) is 7.78. The van der Waals surface area contributed by atoms with E-state index in [9.17, 15) is 4.79 Å². The third kappa shape index (κ3) is 7.06. The zero-order chi connectivity index (χ0) is 31.2. The second-order valence-electron chi connectivity index (χ2n) is 10.8. The van der Waals surface area contributed by atoms with Gasteiger partial charge in [0.15, 0.2) is 0 Å². The van der Waals surface area contributed by atoms with Crippen molar-refractivity contribution in [2.24, 2.45) is 0 Å². The molecule has 0 saturated carbocycles. The van der Waals surface area contributed by atoms with E-state index in [-0.39, 0.29) is 5.97 Å². The quantitative estimate of drug-likeness (QED) is 0.146. The maximum atomic E-state index is 12.1. The summed E-state index contributed by atoms with van der Waals surface area (Å²) in [6.07, 6.45) is 12.1. The van der Waals surface area contributed by atoms with Gasteiger partial charge in [0.2, 0.25) is 0 Å². The van der Waals surface area contributed by atoms with Crippen molar-refractivity contribution >= 4 is 45.1 Å². The Balaban J connectivity index is 0.000000179. The Morgan fingerprint density at radius 2 is 1.38 bits per heavy atom. The smallest absolute Gasteiger partial charge is 0.338 e. The SMILES string of the molecule is COC(=O)c1cc(Cl)ccc1Cc1ccc2c(ccn2Cc2cccnc2)c1.Nc1ccc2c(ccn2Cc2cccnc2)c1. The maximum Gasteiger partial charge on any atom is 0.338 e. The normalized spacial score (nSPS) is 10.9. The number of hydrogen-bond donors (Lipinski definition) is 1. The molecule has 0 unspecified atom stereocenters. The molecule has 0 aliphatic rings. The number of aromatic nitrogens is 4. The minimum atomic E-state index is -0.374. The Labute approximate surface area is 266 Å². The summed E-state index contributed by atoms with van der Waals surface area (Å²) in [7, 11) is 1.38. The van der Waals surface area contributed by atoms with Crippen molar-refractivity contribution in [3.8, 4) is 0 Å². The molecule has 0 atom stereocenters. The van der Waals surface area contributed by atoms with E-state index in [1.54, 1.807) is 24.5 Å². The van der Waals surface area contributed by atoms with Gasteiger partial charge < -0.3 is 19.6 Å². The third-order valence-electron chi connectivity index (χ3n) is 7.65. The Hall–Kier alpha value is -5.40. The van der Waals surface area contributed by atoms with Crippen molar-refractivity contribution in [1.82, 2.24) is 19.1 Å². The van der Waals surface area contributed by atoms with Gasteiger partial charge in [-0.25, -0.2) is 4.79 Å². The zero-order valence-electron chi connectivity index (χ0n) is 24.8. The number of fused-ring (bicyclic) bond motifs is 2. The van der Waals surface area contributed by atoms with Crippen LogP contribution in [0.3, 0.4) is 0 Å². The molecule has 7 aromatic rings. The van der Waals surface area contributed by atoms with E-state index >= 15 is 0 Å². The summed E-state index contributed by atoms with van der Waals surface area (Å²) in [5, 5.41) is 2.86. The van der Waals surface area contributed by atoms with Crippen molar-refractivity contribution in [2.75, 3.05) is 12.8 Å². The molecule has 7 rings (SSSR count). The van der Waals surface area contributed by atoms with Gasteiger partial charge in [0, 0.05) is 77.4 Å². The number of nitrogens with two attached hydrogens (primary N) is 1. The van der Waals surface area contributed by atoms with Gasteiger partial charge in [-0.15, -0.1) is 0 Å². The average molecular weight is 614 g/mol. The van der Waals surface area contributed by atoms with Crippen LogP contribution in [-0.4, -0.2) is 32.2 Å². The number of benzene rings is 3. The molecule has 8 heteroatoms. The van der Waals surface area contributed by atoms with E-state index in [4.69, 9.17) is 22.1 Å².